The minimum atomic E-state index is -0.407. The van der Waals surface area contributed by atoms with Crippen LogP contribution in [0.2, 0.25) is 0 Å². The molecular formula is C18H20N6O. The standard InChI is InChI=1S/C18H20N6O/c1-11-9-20-24(10-11)17-14(8-15(17)25)22-16-7-12(2)21-18(23-16)13-5-3-4-6-19-13/h3-7,9-10,14-15,17,25H,8H2,1-2H3,(H,21,22,23)/t14-,15+,17+/m0/s1. The third-order valence-electron chi connectivity index (χ3n) is 4.42. The molecule has 3 heterocycles. The third kappa shape index (κ3) is 3.10. The van der Waals surface area contributed by atoms with Crippen molar-refractivity contribution in [2.24, 2.45) is 0 Å². The number of nitrogens with one attached hydrogen (secondary N) is 1. The molecule has 3 atom stereocenters. The zero-order chi connectivity index (χ0) is 17.4. The highest BCUT2D eigenvalue weighted by atomic mass is 16.3. The summed E-state index contributed by atoms with van der Waals surface area (Å²) >= 11 is 0. The van der Waals surface area contributed by atoms with Gasteiger partial charge in [-0.25, -0.2) is 9.97 Å². The fourth-order valence-electron chi connectivity index (χ4n) is 3.15. The number of nitrogens with zero attached hydrogens (tertiary/aromatic N) is 5. The van der Waals surface area contributed by atoms with Crippen LogP contribution in [0, 0.1) is 13.8 Å². The lowest BCUT2D eigenvalue weighted by atomic mass is 9.83. The zero-order valence-electron chi connectivity index (χ0n) is 14.2. The van der Waals surface area contributed by atoms with Crippen LogP contribution in [0.25, 0.3) is 11.5 Å². The van der Waals surface area contributed by atoms with Crippen LogP contribution in [0.4, 0.5) is 5.82 Å². The van der Waals surface area contributed by atoms with Gasteiger partial charge in [0, 0.05) is 24.2 Å². The van der Waals surface area contributed by atoms with Crippen LogP contribution in [-0.4, -0.2) is 42.0 Å². The Bertz CT molecular complexity index is 878. The second-order valence-corrected chi connectivity index (χ2v) is 6.48. The highest BCUT2D eigenvalue weighted by molar-refractivity contribution is 5.53. The molecule has 128 valence electrons. The van der Waals surface area contributed by atoms with Crippen molar-refractivity contribution < 1.29 is 5.11 Å². The number of hydrogen-bond acceptors (Lipinski definition) is 6. The van der Waals surface area contributed by atoms with Gasteiger partial charge in [0.2, 0.25) is 0 Å². The first-order valence-electron chi connectivity index (χ1n) is 8.32. The third-order valence-corrected chi connectivity index (χ3v) is 4.42. The summed E-state index contributed by atoms with van der Waals surface area (Å²) in [5, 5.41) is 17.9. The first-order chi connectivity index (χ1) is 12.1. The quantitative estimate of drug-likeness (QED) is 0.759. The van der Waals surface area contributed by atoms with E-state index >= 15 is 0 Å². The molecule has 1 fully saturated rings. The first kappa shape index (κ1) is 15.7. The highest BCUT2D eigenvalue weighted by Crippen LogP contribution is 2.35. The minimum Gasteiger partial charge on any atom is -0.391 e. The topological polar surface area (TPSA) is 88.8 Å². The van der Waals surface area contributed by atoms with Crippen LogP contribution >= 0.6 is 0 Å². The molecule has 0 unspecified atom stereocenters. The maximum atomic E-state index is 10.2. The Kier molecular flexibility index (Phi) is 3.93. The average Bonchev–Trinajstić information content (AvgIpc) is 3.00. The van der Waals surface area contributed by atoms with Gasteiger partial charge in [0.25, 0.3) is 0 Å². The number of rotatable bonds is 4. The van der Waals surface area contributed by atoms with Gasteiger partial charge < -0.3 is 10.4 Å². The van der Waals surface area contributed by atoms with E-state index in [0.717, 1.165) is 22.8 Å². The molecule has 0 amide bonds. The van der Waals surface area contributed by atoms with Crippen LogP contribution in [0.15, 0.2) is 42.9 Å². The summed E-state index contributed by atoms with van der Waals surface area (Å²) in [5.74, 6) is 1.33. The molecule has 7 nitrogen and oxygen atoms in total. The highest BCUT2D eigenvalue weighted by Gasteiger charge is 2.42. The summed E-state index contributed by atoms with van der Waals surface area (Å²) in [4.78, 5) is 13.4. The molecule has 3 aromatic heterocycles. The van der Waals surface area contributed by atoms with Crippen molar-refractivity contribution in [1.82, 2.24) is 24.7 Å². The Hall–Kier alpha value is -2.80. The molecule has 4 rings (SSSR count). The van der Waals surface area contributed by atoms with E-state index in [0.29, 0.717) is 12.2 Å². The van der Waals surface area contributed by atoms with Crippen molar-refractivity contribution in [3.8, 4) is 11.5 Å². The predicted molar refractivity (Wildman–Crippen MR) is 94.0 cm³/mol. The van der Waals surface area contributed by atoms with Crippen LogP contribution < -0.4 is 5.32 Å². The molecule has 0 saturated heterocycles. The Balaban J connectivity index is 1.58. The van der Waals surface area contributed by atoms with Crippen molar-refractivity contribution in [2.75, 3.05) is 5.32 Å². The van der Waals surface area contributed by atoms with Gasteiger partial charge in [-0.05, 0) is 38.0 Å². The Morgan fingerprint density at radius 1 is 1.24 bits per heavy atom. The van der Waals surface area contributed by atoms with Crippen LogP contribution in [-0.2, 0) is 0 Å². The summed E-state index contributed by atoms with van der Waals surface area (Å²) in [7, 11) is 0. The number of aryl methyl sites for hydroxylation is 2. The van der Waals surface area contributed by atoms with E-state index in [9.17, 15) is 5.11 Å². The smallest absolute Gasteiger partial charge is 0.180 e. The number of aliphatic hydroxyl groups excluding tert-OH is 1. The monoisotopic (exact) mass is 336 g/mol. The molecule has 0 aromatic carbocycles. The maximum absolute atomic E-state index is 10.2. The first-order valence-corrected chi connectivity index (χ1v) is 8.32. The van der Waals surface area contributed by atoms with E-state index in [4.69, 9.17) is 0 Å². The van der Waals surface area contributed by atoms with Crippen LogP contribution in [0.3, 0.4) is 0 Å². The van der Waals surface area contributed by atoms with Crippen LogP contribution in [0.1, 0.15) is 23.7 Å². The van der Waals surface area contributed by atoms with Gasteiger partial charge in [0.15, 0.2) is 5.82 Å². The average molecular weight is 336 g/mol. The normalized spacial score (nSPS) is 22.4. The van der Waals surface area contributed by atoms with Gasteiger partial charge in [-0.3, -0.25) is 9.67 Å². The van der Waals surface area contributed by atoms with E-state index in [2.05, 4.69) is 25.4 Å². The largest absolute Gasteiger partial charge is 0.391 e. The molecule has 0 spiro atoms. The van der Waals surface area contributed by atoms with E-state index in [-0.39, 0.29) is 12.1 Å². The fraction of sp³-hybridized carbons (Fsp3) is 0.333. The lowest BCUT2D eigenvalue weighted by Gasteiger charge is -2.42. The fourth-order valence-corrected chi connectivity index (χ4v) is 3.15. The van der Waals surface area contributed by atoms with Gasteiger partial charge in [0.05, 0.1) is 24.4 Å². The summed E-state index contributed by atoms with van der Waals surface area (Å²) in [5.41, 5.74) is 2.68. The van der Waals surface area contributed by atoms with E-state index < -0.39 is 6.10 Å². The summed E-state index contributed by atoms with van der Waals surface area (Å²) < 4.78 is 1.83. The van der Waals surface area contributed by atoms with Crippen molar-refractivity contribution in [3.05, 3.63) is 54.1 Å². The van der Waals surface area contributed by atoms with Gasteiger partial charge in [-0.1, -0.05) is 6.07 Å². The maximum Gasteiger partial charge on any atom is 0.180 e. The predicted octanol–water partition coefficient (Wildman–Crippen LogP) is 2.14. The van der Waals surface area contributed by atoms with Gasteiger partial charge in [-0.2, -0.15) is 5.10 Å². The van der Waals surface area contributed by atoms with Crippen molar-refractivity contribution in [2.45, 2.75) is 38.5 Å². The molecular weight excluding hydrogens is 316 g/mol. The molecule has 1 aliphatic rings. The second kappa shape index (κ2) is 6.25. The van der Waals surface area contributed by atoms with E-state index in [1.807, 2.05) is 49.0 Å². The molecule has 25 heavy (non-hydrogen) atoms. The zero-order valence-corrected chi connectivity index (χ0v) is 14.2. The molecule has 3 aromatic rings. The number of anilines is 1. The van der Waals surface area contributed by atoms with Crippen molar-refractivity contribution >= 4 is 5.82 Å². The van der Waals surface area contributed by atoms with Crippen LogP contribution in [0.5, 0.6) is 0 Å². The number of aromatic nitrogens is 5. The number of aliphatic hydroxyl groups is 1. The summed E-state index contributed by atoms with van der Waals surface area (Å²) in [6.45, 7) is 3.92. The van der Waals surface area contributed by atoms with Crippen molar-refractivity contribution in [3.63, 3.8) is 0 Å². The lowest BCUT2D eigenvalue weighted by molar-refractivity contribution is 0.0133. The van der Waals surface area contributed by atoms with Gasteiger partial charge in [0.1, 0.15) is 11.5 Å². The van der Waals surface area contributed by atoms with Gasteiger partial charge >= 0.3 is 0 Å². The molecule has 0 radical (unpaired) electrons. The Labute approximate surface area is 145 Å². The van der Waals surface area contributed by atoms with Gasteiger partial charge in [-0.15, -0.1) is 0 Å². The van der Waals surface area contributed by atoms with E-state index in [1.54, 1.807) is 12.4 Å². The summed E-state index contributed by atoms with van der Waals surface area (Å²) in [6, 6.07) is 7.55. The van der Waals surface area contributed by atoms with E-state index in [1.165, 1.54) is 0 Å². The lowest BCUT2D eigenvalue weighted by Crippen LogP contribution is -2.51. The summed E-state index contributed by atoms with van der Waals surface area (Å²) in [6.07, 6.45) is 5.73. The Morgan fingerprint density at radius 3 is 2.80 bits per heavy atom. The SMILES string of the molecule is Cc1cnn([C@H]2[C@H](O)C[C@@H]2Nc2cc(C)nc(-c3ccccn3)n2)c1. The van der Waals surface area contributed by atoms with Crippen molar-refractivity contribution in [1.29, 1.82) is 0 Å². The molecule has 1 saturated carbocycles. The number of pyridine rings is 1. The molecule has 1 aliphatic carbocycles. The number of hydrogen-bond donors (Lipinski definition) is 2. The minimum absolute atomic E-state index is 0.0696. The second-order valence-electron chi connectivity index (χ2n) is 6.48. The molecule has 0 bridgehead atoms. The Morgan fingerprint density at radius 2 is 2.12 bits per heavy atom. The molecule has 7 heteroatoms. The molecule has 2 N–H and O–H groups in total. The molecule has 0 aliphatic heterocycles.